The average Bonchev–Trinajstić information content (AvgIpc) is 2.63. The van der Waals surface area contributed by atoms with Crippen molar-refractivity contribution in [1.82, 2.24) is 15.5 Å². The van der Waals surface area contributed by atoms with Crippen LogP contribution in [0.4, 0.5) is 0 Å². The van der Waals surface area contributed by atoms with Crippen molar-refractivity contribution in [2.75, 3.05) is 21.1 Å². The van der Waals surface area contributed by atoms with Gasteiger partial charge in [-0.2, -0.15) is 0 Å². The number of carbonyl (C=O) groups is 1. The van der Waals surface area contributed by atoms with Crippen molar-refractivity contribution in [2.24, 2.45) is 4.99 Å². The predicted molar refractivity (Wildman–Crippen MR) is 106 cm³/mol. The van der Waals surface area contributed by atoms with E-state index >= 15 is 0 Å². The molecule has 0 saturated heterocycles. The number of nitrogens with one attached hydrogen (secondary N) is 2. The highest BCUT2D eigenvalue weighted by Gasteiger charge is 2.09. The van der Waals surface area contributed by atoms with Gasteiger partial charge >= 0.3 is 0 Å². The Morgan fingerprint density at radius 2 is 1.96 bits per heavy atom. The summed E-state index contributed by atoms with van der Waals surface area (Å²) < 4.78 is 1.08. The summed E-state index contributed by atoms with van der Waals surface area (Å²) in [5.74, 6) is 0.707. The Balaban J connectivity index is 2.00. The van der Waals surface area contributed by atoms with E-state index in [1.54, 1.807) is 20.2 Å². The number of aliphatic imine (C=N–C) groups is 1. The van der Waals surface area contributed by atoms with Gasteiger partial charge in [0.25, 0.3) is 5.91 Å². The van der Waals surface area contributed by atoms with Gasteiger partial charge in [-0.15, -0.1) is 0 Å². The molecule has 0 radical (unpaired) electrons. The van der Waals surface area contributed by atoms with Gasteiger partial charge in [-0.3, -0.25) is 9.79 Å². The molecule has 0 aliphatic carbocycles. The molecule has 0 unspecified atom stereocenters. The highest BCUT2D eigenvalue weighted by molar-refractivity contribution is 9.10. The number of hydrogen-bond donors (Lipinski definition) is 2. The summed E-state index contributed by atoms with van der Waals surface area (Å²) in [6, 6.07) is 15.7. The molecule has 1 amide bonds. The highest BCUT2D eigenvalue weighted by Crippen LogP contribution is 2.17. The van der Waals surface area contributed by atoms with Crippen LogP contribution in [0.3, 0.4) is 0 Å². The standard InChI is InChI=1S/C19H23BrN4O/c1-21-18(25)15-9-6-7-14(11-15)12-23-19(22-2)24(3)13-16-8-4-5-10-17(16)20/h4-11H,12-13H2,1-3H3,(H,21,25)(H,22,23). The Hall–Kier alpha value is -2.34. The van der Waals surface area contributed by atoms with Gasteiger partial charge in [0.1, 0.15) is 0 Å². The van der Waals surface area contributed by atoms with E-state index in [2.05, 4.69) is 42.5 Å². The number of benzene rings is 2. The maximum absolute atomic E-state index is 11.7. The Labute approximate surface area is 157 Å². The topological polar surface area (TPSA) is 56.7 Å². The van der Waals surface area contributed by atoms with Gasteiger partial charge in [0.05, 0.1) is 0 Å². The van der Waals surface area contributed by atoms with Crippen LogP contribution in [-0.4, -0.2) is 37.9 Å². The van der Waals surface area contributed by atoms with Gasteiger partial charge in [-0.1, -0.05) is 46.3 Å². The first-order valence-electron chi connectivity index (χ1n) is 8.01. The molecule has 0 heterocycles. The smallest absolute Gasteiger partial charge is 0.251 e. The van der Waals surface area contributed by atoms with Crippen LogP contribution in [-0.2, 0) is 13.1 Å². The van der Waals surface area contributed by atoms with Gasteiger partial charge in [0.15, 0.2) is 5.96 Å². The van der Waals surface area contributed by atoms with E-state index in [1.807, 2.05) is 43.4 Å². The zero-order valence-corrected chi connectivity index (χ0v) is 16.3. The largest absolute Gasteiger partial charge is 0.355 e. The summed E-state index contributed by atoms with van der Waals surface area (Å²) in [5.41, 5.74) is 2.87. The second kappa shape index (κ2) is 9.22. The Bertz CT molecular complexity index is 761. The molecule has 0 spiro atoms. The molecule has 6 heteroatoms. The Morgan fingerprint density at radius 1 is 1.20 bits per heavy atom. The fourth-order valence-electron chi connectivity index (χ4n) is 2.49. The zero-order valence-electron chi connectivity index (χ0n) is 14.7. The molecular formula is C19H23BrN4O. The lowest BCUT2D eigenvalue weighted by Gasteiger charge is -2.23. The Morgan fingerprint density at radius 3 is 2.64 bits per heavy atom. The predicted octanol–water partition coefficient (Wildman–Crippen LogP) is 3.02. The number of rotatable bonds is 5. The van der Waals surface area contributed by atoms with Crippen molar-refractivity contribution in [3.63, 3.8) is 0 Å². The lowest BCUT2D eigenvalue weighted by molar-refractivity contribution is 0.0963. The monoisotopic (exact) mass is 402 g/mol. The van der Waals surface area contributed by atoms with Crippen molar-refractivity contribution >= 4 is 27.8 Å². The van der Waals surface area contributed by atoms with E-state index in [1.165, 1.54) is 5.56 Å². The first-order valence-corrected chi connectivity index (χ1v) is 8.80. The molecule has 0 bridgehead atoms. The first kappa shape index (κ1) is 19.0. The lowest BCUT2D eigenvalue weighted by atomic mass is 10.1. The van der Waals surface area contributed by atoms with Gasteiger partial charge in [0, 0.05) is 44.3 Å². The van der Waals surface area contributed by atoms with Crippen LogP contribution in [0.25, 0.3) is 0 Å². The number of amides is 1. The van der Waals surface area contributed by atoms with Crippen LogP contribution >= 0.6 is 15.9 Å². The maximum Gasteiger partial charge on any atom is 0.251 e. The van der Waals surface area contributed by atoms with Crippen molar-refractivity contribution < 1.29 is 4.79 Å². The average molecular weight is 403 g/mol. The molecule has 5 nitrogen and oxygen atoms in total. The van der Waals surface area contributed by atoms with Gasteiger partial charge in [-0.25, -0.2) is 0 Å². The number of hydrogen-bond acceptors (Lipinski definition) is 2. The SMILES string of the molecule is CN=C(NCc1cccc(C(=O)NC)c1)N(C)Cc1ccccc1Br. The number of carbonyl (C=O) groups excluding carboxylic acids is 1. The highest BCUT2D eigenvalue weighted by atomic mass is 79.9. The molecule has 0 atom stereocenters. The van der Waals surface area contributed by atoms with E-state index in [-0.39, 0.29) is 5.91 Å². The zero-order chi connectivity index (χ0) is 18.2. The number of halogens is 1. The quantitative estimate of drug-likeness (QED) is 0.596. The van der Waals surface area contributed by atoms with Crippen LogP contribution < -0.4 is 10.6 Å². The maximum atomic E-state index is 11.7. The van der Waals surface area contributed by atoms with Crippen LogP contribution in [0, 0.1) is 0 Å². The molecule has 0 saturated carbocycles. The normalized spacial score (nSPS) is 11.1. The molecule has 0 fully saturated rings. The number of guanidine groups is 1. The van der Waals surface area contributed by atoms with E-state index in [9.17, 15) is 4.79 Å². The van der Waals surface area contributed by atoms with Crippen molar-refractivity contribution in [2.45, 2.75) is 13.1 Å². The summed E-state index contributed by atoms with van der Waals surface area (Å²) in [5, 5.41) is 5.98. The van der Waals surface area contributed by atoms with Crippen LogP contribution in [0.2, 0.25) is 0 Å². The fraction of sp³-hybridized carbons (Fsp3) is 0.263. The summed E-state index contributed by atoms with van der Waals surface area (Å²) in [6.07, 6.45) is 0. The minimum absolute atomic E-state index is 0.0859. The molecule has 2 aromatic rings. The minimum atomic E-state index is -0.0859. The van der Waals surface area contributed by atoms with E-state index in [4.69, 9.17) is 0 Å². The lowest BCUT2D eigenvalue weighted by Crippen LogP contribution is -2.38. The van der Waals surface area contributed by atoms with Crippen LogP contribution in [0.1, 0.15) is 21.5 Å². The van der Waals surface area contributed by atoms with Crippen LogP contribution in [0.15, 0.2) is 58.0 Å². The van der Waals surface area contributed by atoms with E-state index in [0.717, 1.165) is 22.5 Å². The summed E-state index contributed by atoms with van der Waals surface area (Å²) in [7, 11) is 5.39. The van der Waals surface area contributed by atoms with Crippen molar-refractivity contribution in [3.8, 4) is 0 Å². The molecule has 25 heavy (non-hydrogen) atoms. The molecule has 2 aromatic carbocycles. The third-order valence-corrected chi connectivity index (χ3v) is 4.58. The molecule has 0 aromatic heterocycles. The van der Waals surface area contributed by atoms with E-state index < -0.39 is 0 Å². The summed E-state index contributed by atoms with van der Waals surface area (Å²) in [6.45, 7) is 1.33. The second-order valence-corrected chi connectivity index (χ2v) is 6.48. The van der Waals surface area contributed by atoms with Crippen molar-refractivity contribution in [1.29, 1.82) is 0 Å². The number of nitrogens with zero attached hydrogens (tertiary/aromatic N) is 2. The molecule has 2 N–H and O–H groups in total. The Kier molecular flexibility index (Phi) is 7.01. The first-order chi connectivity index (χ1) is 12.0. The molecule has 0 aliphatic heterocycles. The third kappa shape index (κ3) is 5.32. The molecular weight excluding hydrogens is 380 g/mol. The minimum Gasteiger partial charge on any atom is -0.355 e. The van der Waals surface area contributed by atoms with Gasteiger partial charge in [0.2, 0.25) is 0 Å². The van der Waals surface area contributed by atoms with Crippen LogP contribution in [0.5, 0.6) is 0 Å². The summed E-state index contributed by atoms with van der Waals surface area (Å²) in [4.78, 5) is 18.1. The van der Waals surface area contributed by atoms with Gasteiger partial charge < -0.3 is 15.5 Å². The molecule has 0 aliphatic rings. The molecule has 132 valence electrons. The third-order valence-electron chi connectivity index (χ3n) is 3.81. The van der Waals surface area contributed by atoms with Crippen molar-refractivity contribution in [3.05, 3.63) is 69.7 Å². The fourth-order valence-corrected chi connectivity index (χ4v) is 2.90. The second-order valence-electron chi connectivity index (χ2n) is 5.63. The van der Waals surface area contributed by atoms with Gasteiger partial charge in [-0.05, 0) is 29.3 Å². The molecule has 2 rings (SSSR count). The van der Waals surface area contributed by atoms with E-state index in [0.29, 0.717) is 12.1 Å². The summed E-state index contributed by atoms with van der Waals surface area (Å²) >= 11 is 3.58.